The van der Waals surface area contributed by atoms with Crippen molar-refractivity contribution in [1.82, 2.24) is 4.98 Å². The number of aliphatic carboxylic acids is 1. The van der Waals surface area contributed by atoms with Gasteiger partial charge in [0.15, 0.2) is 0 Å². The lowest BCUT2D eigenvalue weighted by atomic mass is 10.1. The predicted molar refractivity (Wildman–Crippen MR) is 40.5 cm³/mol. The summed E-state index contributed by atoms with van der Waals surface area (Å²) in [5.41, 5.74) is -0.0289. The van der Waals surface area contributed by atoms with Gasteiger partial charge in [0.1, 0.15) is 0 Å². The molecule has 1 heterocycles. The molecule has 0 aliphatic heterocycles. The van der Waals surface area contributed by atoms with Crippen LogP contribution in [0.1, 0.15) is 5.56 Å². The van der Waals surface area contributed by atoms with Crippen LogP contribution in [0.5, 0.6) is 0 Å². The van der Waals surface area contributed by atoms with Crippen molar-refractivity contribution in [2.45, 2.75) is 12.3 Å². The number of alkyl halides is 2. The van der Waals surface area contributed by atoms with E-state index >= 15 is 0 Å². The van der Waals surface area contributed by atoms with Gasteiger partial charge in [0.2, 0.25) is 5.95 Å². The summed E-state index contributed by atoms with van der Waals surface area (Å²) in [6, 6.07) is 1.96. The number of nitrogens with zero attached hydrogens (tertiary/aromatic N) is 1. The van der Waals surface area contributed by atoms with E-state index < -0.39 is 24.3 Å². The Hall–Kier alpha value is -1.59. The van der Waals surface area contributed by atoms with Crippen molar-refractivity contribution >= 4 is 5.97 Å². The number of carboxylic acids is 1. The van der Waals surface area contributed by atoms with E-state index in [0.717, 1.165) is 18.3 Å². The third-order valence-corrected chi connectivity index (χ3v) is 1.53. The average Bonchev–Trinajstić information content (AvgIpc) is 2.08. The molecular formula is C8H6F3NO2. The molecule has 1 aromatic heterocycles. The van der Waals surface area contributed by atoms with Crippen LogP contribution in [0.3, 0.4) is 0 Å². The van der Waals surface area contributed by atoms with Crippen LogP contribution >= 0.6 is 0 Å². The van der Waals surface area contributed by atoms with Crippen LogP contribution in [0.15, 0.2) is 18.3 Å². The molecule has 1 aromatic rings. The number of hydrogen-bond acceptors (Lipinski definition) is 2. The summed E-state index contributed by atoms with van der Waals surface area (Å²) in [4.78, 5) is 13.2. The quantitative estimate of drug-likeness (QED) is 0.760. The van der Waals surface area contributed by atoms with Gasteiger partial charge in [-0.1, -0.05) is 6.07 Å². The van der Waals surface area contributed by atoms with Crippen molar-refractivity contribution in [3.05, 3.63) is 29.8 Å². The van der Waals surface area contributed by atoms with Crippen LogP contribution in [0, 0.1) is 5.95 Å². The number of halogens is 3. The second-order valence-electron chi connectivity index (χ2n) is 2.68. The zero-order chi connectivity index (χ0) is 10.8. The molecule has 6 heteroatoms. The Bertz CT molecular complexity index is 337. The van der Waals surface area contributed by atoms with E-state index in [1.807, 2.05) is 0 Å². The van der Waals surface area contributed by atoms with Crippen molar-refractivity contribution in [2.24, 2.45) is 0 Å². The summed E-state index contributed by atoms with van der Waals surface area (Å²) in [5, 5.41) is 8.11. The summed E-state index contributed by atoms with van der Waals surface area (Å²) in [7, 11) is 0. The van der Waals surface area contributed by atoms with Gasteiger partial charge in [-0.05, 0) is 11.6 Å². The molecule has 1 rings (SSSR count). The molecule has 1 N–H and O–H groups in total. The second kappa shape index (κ2) is 3.65. The first-order valence-electron chi connectivity index (χ1n) is 3.63. The molecule has 0 saturated carbocycles. The minimum absolute atomic E-state index is 0.0289. The zero-order valence-corrected chi connectivity index (χ0v) is 6.88. The lowest BCUT2D eigenvalue weighted by Gasteiger charge is -2.09. The number of carboxylic acid groups (broad SMARTS) is 1. The average molecular weight is 205 g/mol. The van der Waals surface area contributed by atoms with Crippen molar-refractivity contribution in [3.63, 3.8) is 0 Å². The van der Waals surface area contributed by atoms with E-state index in [9.17, 15) is 18.0 Å². The topological polar surface area (TPSA) is 50.2 Å². The van der Waals surface area contributed by atoms with Gasteiger partial charge < -0.3 is 5.11 Å². The molecule has 0 aliphatic carbocycles. The fraction of sp³-hybridized carbons (Fsp3) is 0.250. The van der Waals surface area contributed by atoms with Crippen LogP contribution in [-0.4, -0.2) is 22.0 Å². The van der Waals surface area contributed by atoms with E-state index in [2.05, 4.69) is 4.98 Å². The first-order chi connectivity index (χ1) is 6.42. The van der Waals surface area contributed by atoms with Crippen molar-refractivity contribution < 1.29 is 23.1 Å². The van der Waals surface area contributed by atoms with Gasteiger partial charge in [0, 0.05) is 12.6 Å². The number of pyridine rings is 1. The summed E-state index contributed by atoms with van der Waals surface area (Å²) >= 11 is 0. The van der Waals surface area contributed by atoms with E-state index in [1.165, 1.54) is 0 Å². The van der Waals surface area contributed by atoms with Gasteiger partial charge in [0.05, 0.1) is 0 Å². The van der Waals surface area contributed by atoms with E-state index in [4.69, 9.17) is 5.11 Å². The lowest BCUT2D eigenvalue weighted by Crippen LogP contribution is -2.30. The van der Waals surface area contributed by atoms with Crippen molar-refractivity contribution in [1.29, 1.82) is 0 Å². The van der Waals surface area contributed by atoms with Gasteiger partial charge in [-0.2, -0.15) is 13.2 Å². The van der Waals surface area contributed by atoms with Crippen LogP contribution < -0.4 is 0 Å². The molecule has 0 unspecified atom stereocenters. The Labute approximate surface area is 77.2 Å². The second-order valence-corrected chi connectivity index (χ2v) is 2.68. The molecule has 0 amide bonds. The summed E-state index contributed by atoms with van der Waals surface area (Å²) in [6.45, 7) is 0. The summed E-state index contributed by atoms with van der Waals surface area (Å²) < 4.78 is 37.5. The van der Waals surface area contributed by atoms with E-state index in [0.29, 0.717) is 0 Å². The number of aromatic nitrogens is 1. The van der Waals surface area contributed by atoms with E-state index in [-0.39, 0.29) is 5.56 Å². The molecular weight excluding hydrogens is 199 g/mol. The maximum absolute atomic E-state index is 12.6. The van der Waals surface area contributed by atoms with Gasteiger partial charge in [-0.3, -0.25) is 0 Å². The molecule has 0 radical (unpaired) electrons. The van der Waals surface area contributed by atoms with Crippen LogP contribution in [0.4, 0.5) is 13.2 Å². The molecule has 0 bridgehead atoms. The largest absolute Gasteiger partial charge is 0.477 e. The van der Waals surface area contributed by atoms with E-state index in [1.54, 1.807) is 0 Å². The molecule has 0 aromatic carbocycles. The Balaban J connectivity index is 2.79. The first-order valence-corrected chi connectivity index (χ1v) is 3.63. The van der Waals surface area contributed by atoms with Crippen molar-refractivity contribution in [3.8, 4) is 0 Å². The third kappa shape index (κ3) is 2.45. The van der Waals surface area contributed by atoms with Gasteiger partial charge in [-0.15, -0.1) is 0 Å². The minimum atomic E-state index is -3.85. The van der Waals surface area contributed by atoms with Crippen LogP contribution in [-0.2, 0) is 11.2 Å². The standard InChI is InChI=1S/C8H6F3NO2/c9-6-2-1-5(4-12-6)3-8(10,11)7(13)14/h1-2,4H,3H2,(H,13,14). The molecule has 0 atom stereocenters. The molecule has 0 spiro atoms. The number of carbonyl (C=O) groups is 1. The summed E-state index contributed by atoms with van der Waals surface area (Å²) in [5.74, 6) is -6.85. The fourth-order valence-electron chi connectivity index (χ4n) is 0.843. The maximum atomic E-state index is 12.6. The molecule has 0 saturated heterocycles. The van der Waals surface area contributed by atoms with Gasteiger partial charge in [0.25, 0.3) is 0 Å². The van der Waals surface area contributed by atoms with Gasteiger partial charge >= 0.3 is 11.9 Å². The molecule has 3 nitrogen and oxygen atoms in total. The monoisotopic (exact) mass is 205 g/mol. The van der Waals surface area contributed by atoms with Crippen LogP contribution in [0.25, 0.3) is 0 Å². The maximum Gasteiger partial charge on any atom is 0.374 e. The molecule has 76 valence electrons. The molecule has 0 fully saturated rings. The SMILES string of the molecule is O=C(O)C(F)(F)Cc1ccc(F)nc1. The van der Waals surface area contributed by atoms with Crippen LogP contribution in [0.2, 0.25) is 0 Å². The first kappa shape index (κ1) is 10.5. The smallest absolute Gasteiger partial charge is 0.374 e. The highest BCUT2D eigenvalue weighted by Gasteiger charge is 2.38. The Morgan fingerprint density at radius 3 is 2.57 bits per heavy atom. The highest BCUT2D eigenvalue weighted by atomic mass is 19.3. The third-order valence-electron chi connectivity index (χ3n) is 1.53. The Morgan fingerprint density at radius 1 is 1.50 bits per heavy atom. The number of hydrogen-bond donors (Lipinski definition) is 1. The normalized spacial score (nSPS) is 11.4. The number of rotatable bonds is 3. The highest BCUT2D eigenvalue weighted by molar-refractivity contribution is 5.75. The minimum Gasteiger partial charge on any atom is -0.477 e. The molecule has 14 heavy (non-hydrogen) atoms. The Kier molecular flexibility index (Phi) is 2.73. The van der Waals surface area contributed by atoms with Crippen molar-refractivity contribution in [2.75, 3.05) is 0 Å². The zero-order valence-electron chi connectivity index (χ0n) is 6.88. The Morgan fingerprint density at radius 2 is 2.14 bits per heavy atom. The fourth-order valence-corrected chi connectivity index (χ4v) is 0.843. The summed E-state index contributed by atoms with van der Waals surface area (Å²) in [6.07, 6.45) is -0.109. The predicted octanol–water partition coefficient (Wildman–Crippen LogP) is 1.48. The lowest BCUT2D eigenvalue weighted by molar-refractivity contribution is -0.164. The highest BCUT2D eigenvalue weighted by Crippen LogP contribution is 2.19. The molecule has 0 aliphatic rings. The van der Waals surface area contributed by atoms with Gasteiger partial charge in [-0.25, -0.2) is 9.78 Å².